The maximum Gasteiger partial charge on any atom is 0.337 e. The van der Waals surface area contributed by atoms with Crippen molar-refractivity contribution in [3.05, 3.63) is 64.7 Å². The van der Waals surface area contributed by atoms with Gasteiger partial charge in [-0.3, -0.25) is 0 Å². The molecule has 0 aliphatic rings. The summed E-state index contributed by atoms with van der Waals surface area (Å²) in [6.45, 7) is 4.51. The third-order valence-corrected chi connectivity index (χ3v) is 3.30. The van der Waals surface area contributed by atoms with Gasteiger partial charge in [0.2, 0.25) is 0 Å². The summed E-state index contributed by atoms with van der Waals surface area (Å²) in [5.74, 6) is 0.00286. The van der Waals surface area contributed by atoms with E-state index in [1.165, 1.54) is 18.2 Å². The molecule has 3 N–H and O–H groups in total. The zero-order chi connectivity index (χ0) is 16.8. The molecule has 0 radical (unpaired) electrons. The van der Waals surface area contributed by atoms with Crippen molar-refractivity contribution in [1.82, 2.24) is 0 Å². The van der Waals surface area contributed by atoms with E-state index in [4.69, 9.17) is 5.73 Å². The number of aryl methyl sites for hydroxylation is 2. The van der Waals surface area contributed by atoms with Gasteiger partial charge in [0.1, 0.15) is 0 Å². The summed E-state index contributed by atoms with van der Waals surface area (Å²) in [5, 5.41) is 3.09. The number of methoxy groups -OCH3 is 1. The number of nitrogens with two attached hydrogens (primary N) is 1. The summed E-state index contributed by atoms with van der Waals surface area (Å²) in [7, 11) is 1.36. The Morgan fingerprint density at radius 3 is 2.25 bits per heavy atom. The first kappa shape index (κ1) is 20.0. The summed E-state index contributed by atoms with van der Waals surface area (Å²) in [4.78, 5) is 15.7. The van der Waals surface area contributed by atoms with E-state index in [9.17, 15) is 4.79 Å². The number of hydrogen-bond acceptors (Lipinski definition) is 3. The van der Waals surface area contributed by atoms with E-state index in [1.54, 1.807) is 12.1 Å². The molecule has 0 spiro atoms. The predicted molar refractivity (Wildman–Crippen MR) is 108 cm³/mol. The lowest BCUT2D eigenvalue weighted by Gasteiger charge is -2.08. The zero-order valence-corrected chi connectivity index (χ0v) is 16.3. The summed E-state index contributed by atoms with van der Waals surface area (Å²) < 4.78 is 4.66. The molecule has 0 unspecified atom stereocenters. The first-order valence-corrected chi connectivity index (χ1v) is 7.30. The number of nitrogens with one attached hydrogen (secondary N) is 1. The molecule has 2 aromatic carbocycles. The van der Waals surface area contributed by atoms with E-state index in [1.807, 2.05) is 38.1 Å². The highest BCUT2D eigenvalue weighted by Gasteiger charge is 2.04. The minimum absolute atomic E-state index is 0. The summed E-state index contributed by atoms with van der Waals surface area (Å²) in [5.41, 5.74) is 10.6. The normalized spacial score (nSPS) is 10.7. The monoisotopic (exact) mass is 439 g/mol. The number of ether oxygens (including phenoxy) is 1. The van der Waals surface area contributed by atoms with Crippen molar-refractivity contribution in [2.45, 2.75) is 20.4 Å². The van der Waals surface area contributed by atoms with Gasteiger partial charge in [0.05, 0.1) is 19.2 Å². The number of halogens is 1. The number of aliphatic imine (C=N–C) groups is 1. The lowest BCUT2D eigenvalue weighted by molar-refractivity contribution is 0.0600. The topological polar surface area (TPSA) is 76.7 Å². The van der Waals surface area contributed by atoms with Crippen LogP contribution in [0.1, 0.15) is 27.0 Å². The van der Waals surface area contributed by atoms with E-state index < -0.39 is 0 Å². The van der Waals surface area contributed by atoms with Gasteiger partial charge in [-0.25, -0.2) is 9.79 Å². The van der Waals surface area contributed by atoms with E-state index in [0.29, 0.717) is 18.1 Å². The van der Waals surface area contributed by atoms with Gasteiger partial charge >= 0.3 is 5.97 Å². The Balaban J connectivity index is 0.00000288. The van der Waals surface area contributed by atoms with Gasteiger partial charge in [-0.1, -0.05) is 18.2 Å². The Bertz CT molecular complexity index is 707. The SMILES string of the molecule is COC(=O)c1ccc(CN=C(N)Nc2cc(C)cc(C)c2)cc1.I. The second-order valence-electron chi connectivity index (χ2n) is 5.39. The highest BCUT2D eigenvalue weighted by atomic mass is 127. The molecule has 2 rings (SSSR count). The van der Waals surface area contributed by atoms with Crippen LogP contribution in [0.5, 0.6) is 0 Å². The third kappa shape index (κ3) is 5.84. The number of hydrogen-bond donors (Lipinski definition) is 2. The Labute approximate surface area is 159 Å². The standard InChI is InChI=1S/C18H21N3O2.HI/c1-12-8-13(2)10-16(9-12)21-18(19)20-11-14-4-6-15(7-5-14)17(22)23-3;/h4-10H,11H2,1-3H3,(H3,19,20,21);1H. The fraction of sp³-hybridized carbons (Fsp3) is 0.222. The van der Waals surface area contributed by atoms with Crippen LogP contribution in [0, 0.1) is 13.8 Å². The highest BCUT2D eigenvalue weighted by molar-refractivity contribution is 14.0. The molecule has 2 aromatic rings. The molecule has 0 saturated carbocycles. The zero-order valence-electron chi connectivity index (χ0n) is 14.0. The first-order chi connectivity index (χ1) is 11.0. The molecule has 0 saturated heterocycles. The number of rotatable bonds is 4. The number of carbonyl (C=O) groups is 1. The molecule has 0 aliphatic carbocycles. The largest absolute Gasteiger partial charge is 0.465 e. The van der Waals surface area contributed by atoms with Gasteiger partial charge in [0.25, 0.3) is 0 Å². The van der Waals surface area contributed by atoms with Crippen LogP contribution in [-0.4, -0.2) is 19.0 Å². The number of carbonyl (C=O) groups excluding carboxylic acids is 1. The van der Waals surface area contributed by atoms with Crippen LogP contribution >= 0.6 is 24.0 Å². The van der Waals surface area contributed by atoms with Crippen molar-refractivity contribution in [3.8, 4) is 0 Å². The van der Waals surface area contributed by atoms with Crippen LogP contribution in [0.15, 0.2) is 47.5 Å². The minimum Gasteiger partial charge on any atom is -0.465 e. The van der Waals surface area contributed by atoms with Gasteiger partial charge in [-0.2, -0.15) is 0 Å². The quantitative estimate of drug-likeness (QED) is 0.330. The van der Waals surface area contributed by atoms with Gasteiger partial charge in [0.15, 0.2) is 5.96 Å². The molecule has 24 heavy (non-hydrogen) atoms. The highest BCUT2D eigenvalue weighted by Crippen LogP contribution is 2.13. The van der Waals surface area contributed by atoms with Crippen LogP contribution < -0.4 is 11.1 Å². The molecule has 0 bridgehead atoms. The number of anilines is 1. The molecule has 0 aliphatic heterocycles. The van der Waals surface area contributed by atoms with Crippen LogP contribution in [0.25, 0.3) is 0 Å². The van der Waals surface area contributed by atoms with Crippen molar-refractivity contribution in [2.75, 3.05) is 12.4 Å². The summed E-state index contributed by atoms with van der Waals surface area (Å²) in [6, 6.07) is 13.2. The lowest BCUT2D eigenvalue weighted by Crippen LogP contribution is -2.22. The maximum absolute atomic E-state index is 11.4. The second kappa shape index (κ2) is 9.27. The van der Waals surface area contributed by atoms with Gasteiger partial charge in [-0.15, -0.1) is 24.0 Å². The smallest absolute Gasteiger partial charge is 0.337 e. The van der Waals surface area contributed by atoms with Crippen molar-refractivity contribution in [1.29, 1.82) is 0 Å². The molecular weight excluding hydrogens is 417 g/mol. The van der Waals surface area contributed by atoms with Crippen LogP contribution in [-0.2, 0) is 11.3 Å². The molecule has 0 aromatic heterocycles. The van der Waals surface area contributed by atoms with Crippen molar-refractivity contribution in [3.63, 3.8) is 0 Å². The fourth-order valence-corrected chi connectivity index (χ4v) is 2.27. The fourth-order valence-electron chi connectivity index (χ4n) is 2.27. The number of benzene rings is 2. The summed E-state index contributed by atoms with van der Waals surface area (Å²) in [6.07, 6.45) is 0. The van der Waals surface area contributed by atoms with Crippen LogP contribution in [0.4, 0.5) is 5.69 Å². The molecule has 0 amide bonds. The Kier molecular flexibility index (Phi) is 7.70. The van der Waals surface area contributed by atoms with E-state index in [2.05, 4.69) is 21.1 Å². The van der Waals surface area contributed by atoms with Crippen LogP contribution in [0.3, 0.4) is 0 Å². The van der Waals surface area contributed by atoms with Gasteiger partial charge in [-0.05, 0) is 54.8 Å². The molecule has 5 nitrogen and oxygen atoms in total. The molecule has 0 heterocycles. The molecule has 0 atom stereocenters. The maximum atomic E-state index is 11.4. The molecular formula is C18H22IN3O2. The third-order valence-electron chi connectivity index (χ3n) is 3.30. The average Bonchev–Trinajstić information content (AvgIpc) is 2.51. The van der Waals surface area contributed by atoms with Crippen molar-refractivity contribution < 1.29 is 9.53 Å². The van der Waals surface area contributed by atoms with Crippen LogP contribution in [0.2, 0.25) is 0 Å². The van der Waals surface area contributed by atoms with Crippen molar-refractivity contribution >= 4 is 41.6 Å². The summed E-state index contributed by atoms with van der Waals surface area (Å²) >= 11 is 0. The molecule has 0 fully saturated rings. The average molecular weight is 439 g/mol. The van der Waals surface area contributed by atoms with Gasteiger partial charge < -0.3 is 15.8 Å². The molecule has 128 valence electrons. The lowest BCUT2D eigenvalue weighted by atomic mass is 10.1. The predicted octanol–water partition coefficient (Wildman–Crippen LogP) is 3.63. The Hall–Kier alpha value is -2.09. The second-order valence-corrected chi connectivity index (χ2v) is 5.39. The minimum atomic E-state index is -0.351. The number of nitrogens with zero attached hydrogens (tertiary/aromatic N) is 1. The number of guanidine groups is 1. The van der Waals surface area contributed by atoms with Gasteiger partial charge in [0, 0.05) is 5.69 Å². The van der Waals surface area contributed by atoms with E-state index in [-0.39, 0.29) is 29.9 Å². The van der Waals surface area contributed by atoms with E-state index >= 15 is 0 Å². The number of esters is 1. The van der Waals surface area contributed by atoms with Crippen molar-refractivity contribution in [2.24, 2.45) is 10.7 Å². The Morgan fingerprint density at radius 1 is 1.12 bits per heavy atom. The van der Waals surface area contributed by atoms with E-state index in [0.717, 1.165) is 11.3 Å². The first-order valence-electron chi connectivity index (χ1n) is 7.30. The molecule has 6 heteroatoms. The Morgan fingerprint density at radius 2 is 1.71 bits per heavy atom.